The highest BCUT2D eigenvalue weighted by molar-refractivity contribution is 5.46. The summed E-state index contributed by atoms with van der Waals surface area (Å²) in [6.45, 7) is 6.62. The molecule has 1 unspecified atom stereocenters. The first-order valence-corrected chi connectivity index (χ1v) is 5.74. The molecule has 16 heavy (non-hydrogen) atoms. The highest BCUT2D eigenvalue weighted by atomic mass is 16.5. The molecule has 0 spiro atoms. The quantitative estimate of drug-likeness (QED) is 0.818. The molecule has 2 atom stereocenters. The minimum atomic E-state index is -0.00355. The molecule has 1 aromatic heterocycles. The Kier molecular flexibility index (Phi) is 3.41. The lowest BCUT2D eigenvalue weighted by molar-refractivity contribution is 0.0989. The first-order chi connectivity index (χ1) is 7.68. The van der Waals surface area contributed by atoms with Gasteiger partial charge in [0, 0.05) is 18.6 Å². The van der Waals surface area contributed by atoms with Gasteiger partial charge in [0.25, 0.3) is 0 Å². The molecule has 1 aromatic rings. The average molecular weight is 221 g/mol. The van der Waals surface area contributed by atoms with Gasteiger partial charge in [0.2, 0.25) is 0 Å². The Morgan fingerprint density at radius 3 is 2.94 bits per heavy atom. The summed E-state index contributed by atoms with van der Waals surface area (Å²) >= 11 is 0. The summed E-state index contributed by atoms with van der Waals surface area (Å²) in [6, 6.07) is 4.50. The van der Waals surface area contributed by atoms with E-state index < -0.39 is 0 Å². The molecule has 4 heteroatoms. The van der Waals surface area contributed by atoms with Crippen LogP contribution in [0.15, 0.2) is 18.3 Å². The summed E-state index contributed by atoms with van der Waals surface area (Å²) in [7, 11) is 0. The van der Waals surface area contributed by atoms with Crippen LogP contribution in [0.4, 0.5) is 5.69 Å². The van der Waals surface area contributed by atoms with Gasteiger partial charge in [-0.05, 0) is 26.0 Å². The van der Waals surface area contributed by atoms with Crippen molar-refractivity contribution in [3.8, 4) is 0 Å². The monoisotopic (exact) mass is 221 g/mol. The summed E-state index contributed by atoms with van der Waals surface area (Å²) < 4.78 is 5.41. The number of hydrogen-bond donors (Lipinski definition) is 1. The fraction of sp³-hybridized carbons (Fsp3) is 0.583. The van der Waals surface area contributed by atoms with E-state index in [2.05, 4.69) is 22.9 Å². The fourth-order valence-electron chi connectivity index (χ4n) is 1.95. The van der Waals surface area contributed by atoms with Crippen molar-refractivity contribution in [1.29, 1.82) is 0 Å². The predicted molar refractivity (Wildman–Crippen MR) is 64.5 cm³/mol. The van der Waals surface area contributed by atoms with Gasteiger partial charge < -0.3 is 15.4 Å². The van der Waals surface area contributed by atoms with Gasteiger partial charge in [-0.15, -0.1) is 0 Å². The number of nitrogens with zero attached hydrogens (tertiary/aromatic N) is 2. The van der Waals surface area contributed by atoms with Crippen molar-refractivity contribution >= 4 is 5.69 Å². The van der Waals surface area contributed by atoms with Gasteiger partial charge in [-0.2, -0.15) is 0 Å². The maximum absolute atomic E-state index is 5.77. The van der Waals surface area contributed by atoms with Gasteiger partial charge in [-0.1, -0.05) is 0 Å². The molecule has 88 valence electrons. The standard InChI is InChI=1S/C12H19N3O/c1-9-8-16-6-5-15(9)11-3-4-12(10(2)13)14-7-11/h3-4,7,9-10H,5-6,8,13H2,1-2H3/t9?,10-/m0/s1. The van der Waals surface area contributed by atoms with E-state index in [0.717, 1.165) is 31.1 Å². The Bertz CT molecular complexity index is 337. The van der Waals surface area contributed by atoms with E-state index in [1.165, 1.54) is 0 Å². The Labute approximate surface area is 96.4 Å². The van der Waals surface area contributed by atoms with Gasteiger partial charge in [-0.3, -0.25) is 4.98 Å². The minimum Gasteiger partial charge on any atom is -0.377 e. The first kappa shape index (κ1) is 11.4. The van der Waals surface area contributed by atoms with Crippen LogP contribution in [0.2, 0.25) is 0 Å². The lowest BCUT2D eigenvalue weighted by Gasteiger charge is -2.35. The molecule has 2 heterocycles. The Morgan fingerprint density at radius 2 is 2.38 bits per heavy atom. The largest absolute Gasteiger partial charge is 0.377 e. The van der Waals surface area contributed by atoms with E-state index in [1.54, 1.807) is 0 Å². The normalized spacial score (nSPS) is 23.2. The second kappa shape index (κ2) is 4.80. The zero-order valence-electron chi connectivity index (χ0n) is 9.89. The summed E-state index contributed by atoms with van der Waals surface area (Å²) in [5, 5.41) is 0. The summed E-state index contributed by atoms with van der Waals surface area (Å²) in [6.07, 6.45) is 1.90. The van der Waals surface area contributed by atoms with Crippen molar-refractivity contribution in [2.24, 2.45) is 5.73 Å². The summed E-state index contributed by atoms with van der Waals surface area (Å²) in [4.78, 5) is 6.70. The van der Waals surface area contributed by atoms with Crippen LogP contribution in [0.5, 0.6) is 0 Å². The molecular weight excluding hydrogens is 202 g/mol. The van der Waals surface area contributed by atoms with Crippen molar-refractivity contribution in [3.63, 3.8) is 0 Å². The Hall–Kier alpha value is -1.13. The van der Waals surface area contributed by atoms with E-state index in [4.69, 9.17) is 10.5 Å². The molecule has 1 aliphatic rings. The molecule has 4 nitrogen and oxygen atoms in total. The van der Waals surface area contributed by atoms with E-state index in [-0.39, 0.29) is 6.04 Å². The molecule has 0 aromatic carbocycles. The van der Waals surface area contributed by atoms with Crippen molar-refractivity contribution < 1.29 is 4.74 Å². The molecule has 0 radical (unpaired) electrons. The van der Waals surface area contributed by atoms with Gasteiger partial charge in [0.05, 0.1) is 30.8 Å². The van der Waals surface area contributed by atoms with E-state index in [9.17, 15) is 0 Å². The van der Waals surface area contributed by atoms with Gasteiger partial charge in [-0.25, -0.2) is 0 Å². The zero-order chi connectivity index (χ0) is 11.5. The molecule has 2 N–H and O–H groups in total. The second-order valence-corrected chi connectivity index (χ2v) is 4.35. The molecular formula is C12H19N3O. The highest BCUT2D eigenvalue weighted by Crippen LogP contribution is 2.19. The van der Waals surface area contributed by atoms with E-state index >= 15 is 0 Å². The topological polar surface area (TPSA) is 51.4 Å². The predicted octanol–water partition coefficient (Wildman–Crippen LogP) is 1.33. The van der Waals surface area contributed by atoms with Gasteiger partial charge in [0.1, 0.15) is 0 Å². The molecule has 0 aliphatic carbocycles. The van der Waals surface area contributed by atoms with Crippen LogP contribution in [0.3, 0.4) is 0 Å². The third-order valence-corrected chi connectivity index (χ3v) is 2.94. The van der Waals surface area contributed by atoms with Crippen molar-refractivity contribution in [2.75, 3.05) is 24.7 Å². The summed E-state index contributed by atoms with van der Waals surface area (Å²) in [5.41, 5.74) is 7.86. The van der Waals surface area contributed by atoms with Crippen LogP contribution >= 0.6 is 0 Å². The van der Waals surface area contributed by atoms with E-state index in [0.29, 0.717) is 6.04 Å². The van der Waals surface area contributed by atoms with Crippen LogP contribution in [0.1, 0.15) is 25.6 Å². The fourth-order valence-corrected chi connectivity index (χ4v) is 1.95. The molecule has 1 aliphatic heterocycles. The maximum Gasteiger partial charge on any atom is 0.0668 e. The van der Waals surface area contributed by atoms with Crippen LogP contribution in [0, 0.1) is 0 Å². The molecule has 1 saturated heterocycles. The average Bonchev–Trinajstić information content (AvgIpc) is 2.30. The van der Waals surface area contributed by atoms with Crippen LogP contribution in [-0.2, 0) is 4.74 Å². The minimum absolute atomic E-state index is 0.00355. The Balaban J connectivity index is 2.14. The number of rotatable bonds is 2. The number of ether oxygens (including phenoxy) is 1. The lowest BCUT2D eigenvalue weighted by atomic mass is 10.2. The zero-order valence-corrected chi connectivity index (χ0v) is 9.89. The Morgan fingerprint density at radius 1 is 1.56 bits per heavy atom. The first-order valence-electron chi connectivity index (χ1n) is 5.74. The molecule has 0 bridgehead atoms. The molecule has 1 fully saturated rings. The molecule has 2 rings (SSSR count). The second-order valence-electron chi connectivity index (χ2n) is 4.35. The van der Waals surface area contributed by atoms with Gasteiger partial charge in [0.15, 0.2) is 0 Å². The number of aromatic nitrogens is 1. The van der Waals surface area contributed by atoms with Gasteiger partial charge >= 0.3 is 0 Å². The van der Waals surface area contributed by atoms with Crippen LogP contribution in [0.25, 0.3) is 0 Å². The lowest BCUT2D eigenvalue weighted by Crippen LogP contribution is -2.43. The maximum atomic E-state index is 5.77. The third-order valence-electron chi connectivity index (χ3n) is 2.94. The summed E-state index contributed by atoms with van der Waals surface area (Å²) in [5.74, 6) is 0. The number of hydrogen-bond acceptors (Lipinski definition) is 4. The van der Waals surface area contributed by atoms with Crippen LogP contribution < -0.4 is 10.6 Å². The van der Waals surface area contributed by atoms with Crippen molar-refractivity contribution in [1.82, 2.24) is 4.98 Å². The van der Waals surface area contributed by atoms with Crippen molar-refractivity contribution in [2.45, 2.75) is 25.9 Å². The van der Waals surface area contributed by atoms with E-state index in [1.807, 2.05) is 19.2 Å². The SMILES string of the molecule is CC1COCCN1c1ccc([C@H](C)N)nc1. The highest BCUT2D eigenvalue weighted by Gasteiger charge is 2.19. The van der Waals surface area contributed by atoms with Crippen LogP contribution in [-0.4, -0.2) is 30.8 Å². The number of morpholine rings is 1. The number of nitrogens with two attached hydrogens (primary N) is 1. The molecule has 0 saturated carbocycles. The molecule has 0 amide bonds. The third kappa shape index (κ3) is 2.33. The smallest absolute Gasteiger partial charge is 0.0668 e. The number of pyridine rings is 1. The number of anilines is 1. The van der Waals surface area contributed by atoms with Crippen molar-refractivity contribution in [3.05, 3.63) is 24.0 Å².